The molecule has 1 aromatic carbocycles. The van der Waals surface area contributed by atoms with Crippen molar-refractivity contribution in [2.24, 2.45) is 0 Å². The summed E-state index contributed by atoms with van der Waals surface area (Å²) in [6, 6.07) is 7.81. The van der Waals surface area contributed by atoms with Gasteiger partial charge in [0.1, 0.15) is 23.7 Å². The van der Waals surface area contributed by atoms with Crippen molar-refractivity contribution in [2.45, 2.75) is 50.3 Å². The molecular weight excluding hydrogens is 268 g/mol. The minimum Gasteiger partial charge on any atom is -0.497 e. The Balaban J connectivity index is 1.74. The van der Waals surface area contributed by atoms with Crippen LogP contribution in [0.25, 0.3) is 0 Å². The van der Waals surface area contributed by atoms with Crippen molar-refractivity contribution in [3.63, 3.8) is 0 Å². The minimum atomic E-state index is 0.0594. The maximum atomic E-state index is 10.1. The van der Waals surface area contributed by atoms with E-state index in [1.165, 1.54) is 11.5 Å². The van der Waals surface area contributed by atoms with Gasteiger partial charge in [0.05, 0.1) is 12.7 Å². The second-order valence-corrected chi connectivity index (χ2v) is 5.80. The normalized spacial score (nSPS) is 28.7. The molecule has 112 valence electrons. The number of hydrogen-bond donors (Lipinski definition) is 1. The van der Waals surface area contributed by atoms with Crippen LogP contribution < -0.4 is 9.47 Å². The molecule has 2 fully saturated rings. The van der Waals surface area contributed by atoms with Crippen molar-refractivity contribution in [3.8, 4) is 17.6 Å². The van der Waals surface area contributed by atoms with Crippen LogP contribution in [-0.4, -0.2) is 35.6 Å². The van der Waals surface area contributed by atoms with E-state index in [-0.39, 0.29) is 18.2 Å². The molecule has 2 saturated heterocycles. The molecule has 2 bridgehead atoms. The second-order valence-electron chi connectivity index (χ2n) is 5.80. The number of hydroxylamine groups is 2. The van der Waals surface area contributed by atoms with Gasteiger partial charge in [-0.1, -0.05) is 6.42 Å². The summed E-state index contributed by atoms with van der Waals surface area (Å²) in [7, 11) is 1.58. The van der Waals surface area contributed by atoms with Gasteiger partial charge >= 0.3 is 0 Å². The molecule has 0 amide bonds. The maximum absolute atomic E-state index is 10.1. The highest BCUT2D eigenvalue weighted by Gasteiger charge is 2.38. The van der Waals surface area contributed by atoms with E-state index < -0.39 is 0 Å². The number of nitrogens with zero attached hydrogens (tertiary/aromatic N) is 2. The Kier molecular flexibility index (Phi) is 4.00. The number of piperidine rings is 2. The molecule has 0 spiro atoms. The zero-order chi connectivity index (χ0) is 14.8. The fourth-order valence-electron chi connectivity index (χ4n) is 3.41. The van der Waals surface area contributed by atoms with Crippen molar-refractivity contribution in [3.05, 3.63) is 23.8 Å². The molecule has 21 heavy (non-hydrogen) atoms. The lowest BCUT2D eigenvalue weighted by atomic mass is 9.84. The zero-order valence-corrected chi connectivity index (χ0v) is 12.2. The monoisotopic (exact) mass is 288 g/mol. The molecule has 5 heteroatoms. The van der Waals surface area contributed by atoms with Crippen molar-refractivity contribution < 1.29 is 14.7 Å². The fraction of sp³-hybridized carbons (Fsp3) is 0.562. The summed E-state index contributed by atoms with van der Waals surface area (Å²) in [5.74, 6) is 1.26. The first-order valence-electron chi connectivity index (χ1n) is 7.43. The summed E-state index contributed by atoms with van der Waals surface area (Å²) in [6.45, 7) is 0. The largest absolute Gasteiger partial charge is 0.497 e. The molecule has 5 nitrogen and oxygen atoms in total. The topological polar surface area (TPSA) is 65.7 Å². The highest BCUT2D eigenvalue weighted by atomic mass is 16.5. The molecule has 2 aliphatic rings. The van der Waals surface area contributed by atoms with Crippen LogP contribution in [0.1, 0.15) is 37.7 Å². The molecule has 1 N–H and O–H groups in total. The number of hydrogen-bond acceptors (Lipinski definition) is 5. The molecule has 2 heterocycles. The summed E-state index contributed by atoms with van der Waals surface area (Å²) in [5, 5.41) is 20.8. The average Bonchev–Trinajstić information content (AvgIpc) is 2.48. The number of fused-ring (bicyclic) bond motifs is 2. The van der Waals surface area contributed by atoms with Crippen molar-refractivity contribution >= 4 is 0 Å². The molecule has 0 radical (unpaired) electrons. The minimum absolute atomic E-state index is 0.0594. The predicted molar refractivity (Wildman–Crippen MR) is 76.4 cm³/mol. The number of rotatable bonds is 3. The summed E-state index contributed by atoms with van der Waals surface area (Å²) < 4.78 is 11.2. The van der Waals surface area contributed by atoms with Gasteiger partial charge in [0.25, 0.3) is 0 Å². The van der Waals surface area contributed by atoms with Crippen molar-refractivity contribution in [1.82, 2.24) is 5.06 Å². The van der Waals surface area contributed by atoms with Crippen LogP contribution >= 0.6 is 0 Å². The van der Waals surface area contributed by atoms with E-state index >= 15 is 0 Å². The first-order chi connectivity index (χ1) is 10.2. The Morgan fingerprint density at radius 1 is 1.29 bits per heavy atom. The summed E-state index contributed by atoms with van der Waals surface area (Å²) >= 11 is 0. The van der Waals surface area contributed by atoms with Gasteiger partial charge in [0, 0.05) is 31.0 Å². The van der Waals surface area contributed by atoms with Crippen LogP contribution in [0.2, 0.25) is 0 Å². The van der Waals surface area contributed by atoms with Crippen LogP contribution in [0.15, 0.2) is 18.2 Å². The molecule has 0 unspecified atom stereocenters. The number of ether oxygens (including phenoxy) is 2. The number of benzene rings is 1. The van der Waals surface area contributed by atoms with E-state index in [1.54, 1.807) is 25.3 Å². The quantitative estimate of drug-likeness (QED) is 0.926. The Bertz CT molecular complexity index is 541. The van der Waals surface area contributed by atoms with Crippen LogP contribution in [0.3, 0.4) is 0 Å². The van der Waals surface area contributed by atoms with Gasteiger partial charge in [-0.3, -0.25) is 0 Å². The standard InChI is InChI=1S/C16H20N2O3/c1-20-14-5-6-16(11(7-14)10-17)21-15-8-12-3-2-4-13(9-15)18(12)19/h5-7,12-13,15,19H,2-4,8-9H2,1H3/t12-,13+,15+. The maximum Gasteiger partial charge on any atom is 0.137 e. The second kappa shape index (κ2) is 5.92. The van der Waals surface area contributed by atoms with Crippen LogP contribution in [0.5, 0.6) is 11.5 Å². The molecule has 0 saturated carbocycles. The molecule has 0 aromatic heterocycles. The Labute approximate surface area is 124 Å². The van der Waals surface area contributed by atoms with Gasteiger partial charge in [-0.2, -0.15) is 10.3 Å². The predicted octanol–water partition coefficient (Wildman–Crippen LogP) is 2.72. The summed E-state index contributed by atoms with van der Waals surface area (Å²) in [6.07, 6.45) is 4.88. The SMILES string of the molecule is COc1ccc(O[C@H]2C[C@H]3CCC[C@@H](C2)N3O)c(C#N)c1. The lowest BCUT2D eigenvalue weighted by Crippen LogP contribution is -2.52. The van der Waals surface area contributed by atoms with Crippen LogP contribution in [0.4, 0.5) is 0 Å². The van der Waals surface area contributed by atoms with E-state index in [9.17, 15) is 10.5 Å². The van der Waals surface area contributed by atoms with Crippen molar-refractivity contribution in [2.75, 3.05) is 7.11 Å². The first kappa shape index (κ1) is 14.2. The van der Waals surface area contributed by atoms with Gasteiger partial charge in [0.15, 0.2) is 0 Å². The van der Waals surface area contributed by atoms with Gasteiger partial charge in [-0.15, -0.1) is 0 Å². The third-order valence-electron chi connectivity index (χ3n) is 4.49. The lowest BCUT2D eigenvalue weighted by molar-refractivity contribution is -0.207. The molecule has 0 aliphatic carbocycles. The van der Waals surface area contributed by atoms with Gasteiger partial charge in [-0.05, 0) is 25.0 Å². The third kappa shape index (κ3) is 2.82. The highest BCUT2D eigenvalue weighted by molar-refractivity contribution is 5.47. The Hall–Kier alpha value is -1.77. The lowest BCUT2D eigenvalue weighted by Gasteiger charge is -2.44. The van der Waals surface area contributed by atoms with E-state index in [2.05, 4.69) is 6.07 Å². The van der Waals surface area contributed by atoms with E-state index in [0.717, 1.165) is 25.7 Å². The Morgan fingerprint density at radius 3 is 2.62 bits per heavy atom. The third-order valence-corrected chi connectivity index (χ3v) is 4.49. The fourth-order valence-corrected chi connectivity index (χ4v) is 3.41. The number of nitriles is 1. The van der Waals surface area contributed by atoms with E-state index in [4.69, 9.17) is 9.47 Å². The first-order valence-corrected chi connectivity index (χ1v) is 7.43. The van der Waals surface area contributed by atoms with E-state index in [1.807, 2.05) is 0 Å². The van der Waals surface area contributed by atoms with Gasteiger partial charge in [-0.25, -0.2) is 0 Å². The van der Waals surface area contributed by atoms with Gasteiger partial charge < -0.3 is 14.7 Å². The average molecular weight is 288 g/mol. The van der Waals surface area contributed by atoms with Crippen LogP contribution in [0, 0.1) is 11.3 Å². The summed E-state index contributed by atoms with van der Waals surface area (Å²) in [5.41, 5.74) is 0.492. The van der Waals surface area contributed by atoms with Crippen molar-refractivity contribution in [1.29, 1.82) is 5.26 Å². The van der Waals surface area contributed by atoms with Gasteiger partial charge in [0.2, 0.25) is 0 Å². The summed E-state index contributed by atoms with van der Waals surface area (Å²) in [4.78, 5) is 0. The molecule has 1 aromatic rings. The molecule has 3 rings (SSSR count). The zero-order valence-electron chi connectivity index (χ0n) is 12.2. The highest BCUT2D eigenvalue weighted by Crippen LogP contribution is 2.35. The number of methoxy groups -OCH3 is 1. The molecule has 2 aliphatic heterocycles. The Morgan fingerprint density at radius 2 is 2.00 bits per heavy atom. The smallest absolute Gasteiger partial charge is 0.137 e. The molecular formula is C16H20N2O3. The van der Waals surface area contributed by atoms with Crippen LogP contribution in [-0.2, 0) is 0 Å². The van der Waals surface area contributed by atoms with E-state index in [0.29, 0.717) is 17.1 Å². The molecule has 3 atom stereocenters.